The van der Waals surface area contributed by atoms with Crippen LogP contribution in [0.5, 0.6) is 0 Å². The van der Waals surface area contributed by atoms with Crippen LogP contribution in [0.2, 0.25) is 10.0 Å². The molecule has 0 aliphatic rings. The summed E-state index contributed by atoms with van der Waals surface area (Å²) in [5.74, 6) is 0.532. The molecule has 0 aliphatic heterocycles. The van der Waals surface area contributed by atoms with Crippen LogP contribution >= 0.6 is 23.2 Å². The number of fused-ring (bicyclic) bond motifs is 1. The van der Waals surface area contributed by atoms with Crippen molar-refractivity contribution in [1.82, 2.24) is 15.0 Å². The predicted molar refractivity (Wildman–Crippen MR) is 108 cm³/mol. The second-order valence-electron chi connectivity index (χ2n) is 6.06. The highest BCUT2D eigenvalue weighted by atomic mass is 35.5. The number of sulfone groups is 1. The zero-order valence-corrected chi connectivity index (χ0v) is 16.4. The van der Waals surface area contributed by atoms with E-state index < -0.39 is 9.84 Å². The van der Waals surface area contributed by atoms with Gasteiger partial charge in [-0.2, -0.15) is 0 Å². The molecular formula is C19H13Cl2N3O2S. The second-order valence-corrected chi connectivity index (χ2v) is 8.89. The Hall–Kier alpha value is -2.41. The first-order valence-corrected chi connectivity index (χ1v) is 10.6. The Morgan fingerprint density at radius 2 is 1.74 bits per heavy atom. The van der Waals surface area contributed by atoms with E-state index in [9.17, 15) is 8.42 Å². The van der Waals surface area contributed by atoms with Crippen LogP contribution in [0.3, 0.4) is 0 Å². The summed E-state index contributed by atoms with van der Waals surface area (Å²) in [6, 6.07) is 13.8. The summed E-state index contributed by atoms with van der Waals surface area (Å²) in [5, 5.41) is 0.850. The Labute approximate surface area is 165 Å². The number of rotatable bonds is 3. The molecular weight excluding hydrogens is 405 g/mol. The van der Waals surface area contributed by atoms with Crippen LogP contribution in [0.25, 0.3) is 33.7 Å². The summed E-state index contributed by atoms with van der Waals surface area (Å²) in [4.78, 5) is 12.3. The number of imidazole rings is 1. The smallest absolute Gasteiger partial charge is 0.175 e. The SMILES string of the molecule is CS(=O)(=O)c1ccc(-c2nc3cc(-c4ccccn4)c(Cl)cc3[nH]2)c(Cl)c1. The summed E-state index contributed by atoms with van der Waals surface area (Å²) < 4.78 is 23.4. The topological polar surface area (TPSA) is 75.7 Å². The van der Waals surface area contributed by atoms with E-state index in [0.717, 1.165) is 23.0 Å². The van der Waals surface area contributed by atoms with Crippen LogP contribution < -0.4 is 0 Å². The third kappa shape index (κ3) is 3.43. The molecule has 0 aliphatic carbocycles. The summed E-state index contributed by atoms with van der Waals surface area (Å²) in [6.45, 7) is 0. The van der Waals surface area contributed by atoms with Gasteiger partial charge in [0.2, 0.25) is 0 Å². The van der Waals surface area contributed by atoms with Crippen molar-refractivity contribution in [2.45, 2.75) is 4.90 Å². The first kappa shape index (κ1) is 18.0. The molecule has 2 aromatic carbocycles. The number of aromatic amines is 1. The predicted octanol–water partition coefficient (Wildman–Crippen LogP) is 5.00. The summed E-state index contributed by atoms with van der Waals surface area (Å²) in [5.41, 5.74) is 3.60. The van der Waals surface area contributed by atoms with Crippen molar-refractivity contribution in [3.05, 3.63) is 64.8 Å². The van der Waals surface area contributed by atoms with E-state index in [-0.39, 0.29) is 4.90 Å². The van der Waals surface area contributed by atoms with Crippen LogP contribution in [-0.2, 0) is 9.84 Å². The normalized spacial score (nSPS) is 11.8. The van der Waals surface area contributed by atoms with Gasteiger partial charge in [-0.1, -0.05) is 29.3 Å². The van der Waals surface area contributed by atoms with E-state index in [1.54, 1.807) is 18.3 Å². The lowest BCUT2D eigenvalue weighted by molar-refractivity contribution is 0.602. The van der Waals surface area contributed by atoms with Gasteiger partial charge in [0.15, 0.2) is 9.84 Å². The standard InChI is InChI=1S/C19H13Cl2N3O2S/c1-27(25,26)11-5-6-12(14(20)8-11)19-23-17-9-13(15(21)10-18(17)24-19)16-4-2-3-7-22-16/h2-10H,1H3,(H,23,24). The van der Waals surface area contributed by atoms with Gasteiger partial charge < -0.3 is 4.98 Å². The lowest BCUT2D eigenvalue weighted by Gasteiger charge is -2.03. The maximum atomic E-state index is 11.7. The molecule has 0 unspecified atom stereocenters. The van der Waals surface area contributed by atoms with Crippen LogP contribution in [-0.4, -0.2) is 29.6 Å². The quantitative estimate of drug-likeness (QED) is 0.508. The van der Waals surface area contributed by atoms with E-state index >= 15 is 0 Å². The highest BCUT2D eigenvalue weighted by Gasteiger charge is 2.15. The molecule has 1 N–H and O–H groups in total. The average molecular weight is 418 g/mol. The highest BCUT2D eigenvalue weighted by Crippen LogP contribution is 2.33. The fourth-order valence-electron chi connectivity index (χ4n) is 2.79. The number of H-pyrrole nitrogens is 1. The van der Waals surface area contributed by atoms with Gasteiger partial charge in [-0.3, -0.25) is 4.98 Å². The minimum Gasteiger partial charge on any atom is -0.338 e. The van der Waals surface area contributed by atoms with E-state index in [1.165, 1.54) is 12.1 Å². The van der Waals surface area contributed by atoms with Gasteiger partial charge in [-0.05, 0) is 42.5 Å². The van der Waals surface area contributed by atoms with E-state index in [4.69, 9.17) is 23.2 Å². The monoisotopic (exact) mass is 417 g/mol. The number of halogens is 2. The summed E-state index contributed by atoms with van der Waals surface area (Å²) in [6.07, 6.45) is 2.84. The number of benzene rings is 2. The molecule has 0 atom stereocenters. The second kappa shape index (κ2) is 6.64. The lowest BCUT2D eigenvalue weighted by atomic mass is 10.1. The number of pyridine rings is 1. The van der Waals surface area contributed by atoms with Gasteiger partial charge in [0.05, 0.1) is 31.7 Å². The van der Waals surface area contributed by atoms with Gasteiger partial charge in [0, 0.05) is 23.6 Å². The molecule has 0 spiro atoms. The fraction of sp³-hybridized carbons (Fsp3) is 0.0526. The molecule has 0 saturated heterocycles. The Kier molecular flexibility index (Phi) is 4.42. The van der Waals surface area contributed by atoms with Gasteiger partial charge in [-0.25, -0.2) is 13.4 Å². The van der Waals surface area contributed by atoms with Gasteiger partial charge in [0.1, 0.15) is 5.82 Å². The van der Waals surface area contributed by atoms with Crippen LogP contribution in [0.15, 0.2) is 59.6 Å². The van der Waals surface area contributed by atoms with Crippen molar-refractivity contribution >= 4 is 44.1 Å². The molecule has 27 heavy (non-hydrogen) atoms. The lowest BCUT2D eigenvalue weighted by Crippen LogP contribution is -1.97. The van der Waals surface area contributed by atoms with Crippen molar-refractivity contribution in [2.24, 2.45) is 0 Å². The van der Waals surface area contributed by atoms with E-state index in [1.807, 2.05) is 24.3 Å². The van der Waals surface area contributed by atoms with Gasteiger partial charge in [0.25, 0.3) is 0 Å². The first-order chi connectivity index (χ1) is 12.8. The molecule has 0 bridgehead atoms. The van der Waals surface area contributed by atoms with E-state index in [2.05, 4.69) is 15.0 Å². The molecule has 136 valence electrons. The maximum Gasteiger partial charge on any atom is 0.175 e. The Morgan fingerprint density at radius 3 is 2.41 bits per heavy atom. The molecule has 0 radical (unpaired) electrons. The van der Waals surface area contributed by atoms with Crippen molar-refractivity contribution in [2.75, 3.05) is 6.26 Å². The van der Waals surface area contributed by atoms with Gasteiger partial charge in [-0.15, -0.1) is 0 Å². The number of aromatic nitrogens is 3. The Morgan fingerprint density at radius 1 is 0.963 bits per heavy atom. The van der Waals surface area contributed by atoms with E-state index in [0.29, 0.717) is 26.9 Å². The maximum absolute atomic E-state index is 11.7. The Balaban J connectivity index is 1.83. The molecule has 4 rings (SSSR count). The Bertz CT molecular complexity index is 1270. The third-order valence-corrected chi connectivity index (χ3v) is 5.87. The molecule has 5 nitrogen and oxygen atoms in total. The number of nitrogens with zero attached hydrogens (tertiary/aromatic N) is 2. The molecule has 0 fully saturated rings. The first-order valence-electron chi connectivity index (χ1n) is 7.93. The number of hydrogen-bond acceptors (Lipinski definition) is 4. The van der Waals surface area contributed by atoms with Crippen molar-refractivity contribution in [3.8, 4) is 22.6 Å². The highest BCUT2D eigenvalue weighted by molar-refractivity contribution is 7.90. The summed E-state index contributed by atoms with van der Waals surface area (Å²) in [7, 11) is -3.33. The molecule has 2 aromatic heterocycles. The van der Waals surface area contributed by atoms with Crippen LogP contribution in [0.1, 0.15) is 0 Å². The molecule has 8 heteroatoms. The molecule has 0 saturated carbocycles. The zero-order chi connectivity index (χ0) is 19.2. The molecule has 4 aromatic rings. The van der Waals surface area contributed by atoms with Crippen molar-refractivity contribution in [1.29, 1.82) is 0 Å². The summed E-state index contributed by atoms with van der Waals surface area (Å²) >= 11 is 12.7. The fourth-order valence-corrected chi connectivity index (χ4v) is 4.04. The minimum absolute atomic E-state index is 0.160. The largest absolute Gasteiger partial charge is 0.338 e. The van der Waals surface area contributed by atoms with Crippen LogP contribution in [0.4, 0.5) is 0 Å². The zero-order valence-electron chi connectivity index (χ0n) is 14.1. The third-order valence-electron chi connectivity index (χ3n) is 4.14. The van der Waals surface area contributed by atoms with Crippen LogP contribution in [0, 0.1) is 0 Å². The number of hydrogen-bond donors (Lipinski definition) is 1. The van der Waals surface area contributed by atoms with Crippen molar-refractivity contribution < 1.29 is 8.42 Å². The number of nitrogens with one attached hydrogen (secondary N) is 1. The van der Waals surface area contributed by atoms with Crippen molar-refractivity contribution in [3.63, 3.8) is 0 Å². The molecule has 0 amide bonds. The minimum atomic E-state index is -3.33. The molecule has 2 heterocycles. The van der Waals surface area contributed by atoms with Gasteiger partial charge >= 0.3 is 0 Å². The average Bonchev–Trinajstić information content (AvgIpc) is 3.03.